The number of hydrogen-bond donors (Lipinski definition) is 1. The number of aromatic nitrogens is 4. The summed E-state index contributed by atoms with van der Waals surface area (Å²) in [6.45, 7) is 0. The van der Waals surface area contributed by atoms with Crippen LogP contribution in [-0.4, -0.2) is 19.7 Å². The zero-order valence-corrected chi connectivity index (χ0v) is 9.28. The van der Waals surface area contributed by atoms with Gasteiger partial charge in [-0.1, -0.05) is 18.2 Å². The molecule has 3 rings (SSSR count). The summed E-state index contributed by atoms with van der Waals surface area (Å²) < 4.78 is 1.50. The molecule has 0 aliphatic carbocycles. The zero-order chi connectivity index (χ0) is 12.5. The molecule has 0 amide bonds. The standard InChI is InChI=1S/C12H8N6/c13-5-8-6-15-10-4-2-1-3-9(10)11(8)18-7-16-12(14)17-18/h1-4,6-7H,(H2,14,17). The van der Waals surface area contributed by atoms with Crippen molar-refractivity contribution < 1.29 is 0 Å². The average molecular weight is 236 g/mol. The fraction of sp³-hybridized carbons (Fsp3) is 0. The van der Waals surface area contributed by atoms with Gasteiger partial charge in [-0.15, -0.1) is 5.10 Å². The van der Waals surface area contributed by atoms with Crippen LogP contribution in [0.3, 0.4) is 0 Å². The van der Waals surface area contributed by atoms with Crippen molar-refractivity contribution in [2.45, 2.75) is 0 Å². The van der Waals surface area contributed by atoms with E-state index in [4.69, 9.17) is 11.0 Å². The Bertz CT molecular complexity index is 768. The first kappa shape index (κ1) is 10.2. The van der Waals surface area contributed by atoms with Crippen LogP contribution in [-0.2, 0) is 0 Å². The molecular weight excluding hydrogens is 228 g/mol. The lowest BCUT2D eigenvalue weighted by Gasteiger charge is -2.07. The van der Waals surface area contributed by atoms with Crippen molar-refractivity contribution in [2.24, 2.45) is 0 Å². The van der Waals surface area contributed by atoms with E-state index in [1.54, 1.807) is 0 Å². The molecular formula is C12H8N6. The molecule has 0 saturated heterocycles. The lowest BCUT2D eigenvalue weighted by Crippen LogP contribution is -2.01. The topological polar surface area (TPSA) is 93.4 Å². The molecule has 6 nitrogen and oxygen atoms in total. The number of rotatable bonds is 1. The Morgan fingerprint density at radius 1 is 1.22 bits per heavy atom. The summed E-state index contributed by atoms with van der Waals surface area (Å²) in [6, 6.07) is 9.64. The van der Waals surface area contributed by atoms with Crippen LogP contribution in [0.15, 0.2) is 36.8 Å². The number of nitrogens with zero attached hydrogens (tertiary/aromatic N) is 5. The maximum absolute atomic E-state index is 9.16. The molecule has 86 valence electrons. The van der Waals surface area contributed by atoms with Crippen LogP contribution in [0.25, 0.3) is 16.6 Å². The molecule has 0 radical (unpaired) electrons. The van der Waals surface area contributed by atoms with Gasteiger partial charge in [-0.2, -0.15) is 5.26 Å². The van der Waals surface area contributed by atoms with Crippen LogP contribution in [0.1, 0.15) is 5.56 Å². The van der Waals surface area contributed by atoms with Gasteiger partial charge in [0.15, 0.2) is 0 Å². The van der Waals surface area contributed by atoms with Crippen LogP contribution >= 0.6 is 0 Å². The van der Waals surface area contributed by atoms with E-state index in [0.717, 1.165) is 10.9 Å². The molecule has 0 spiro atoms. The second kappa shape index (κ2) is 3.82. The highest BCUT2D eigenvalue weighted by atomic mass is 15.4. The van der Waals surface area contributed by atoms with Gasteiger partial charge in [-0.3, -0.25) is 4.98 Å². The molecule has 0 saturated carbocycles. The lowest BCUT2D eigenvalue weighted by molar-refractivity contribution is 0.886. The van der Waals surface area contributed by atoms with Gasteiger partial charge in [0.2, 0.25) is 5.95 Å². The Labute approximate surface area is 102 Å². The van der Waals surface area contributed by atoms with Crippen molar-refractivity contribution in [2.75, 3.05) is 5.73 Å². The summed E-state index contributed by atoms with van der Waals surface area (Å²) in [7, 11) is 0. The number of benzene rings is 1. The summed E-state index contributed by atoms with van der Waals surface area (Å²) in [6.07, 6.45) is 3.01. The molecule has 0 bridgehead atoms. The minimum atomic E-state index is 0.166. The van der Waals surface area contributed by atoms with E-state index in [2.05, 4.69) is 21.1 Å². The lowest BCUT2D eigenvalue weighted by atomic mass is 10.1. The Morgan fingerprint density at radius 2 is 2.06 bits per heavy atom. The number of fused-ring (bicyclic) bond motifs is 1. The van der Waals surface area contributed by atoms with Gasteiger partial charge in [0.1, 0.15) is 12.4 Å². The van der Waals surface area contributed by atoms with Crippen LogP contribution in [0.5, 0.6) is 0 Å². The monoisotopic (exact) mass is 236 g/mol. The van der Waals surface area contributed by atoms with E-state index in [9.17, 15) is 0 Å². The highest BCUT2D eigenvalue weighted by Crippen LogP contribution is 2.23. The van der Waals surface area contributed by atoms with Crippen molar-refractivity contribution in [3.63, 3.8) is 0 Å². The van der Waals surface area contributed by atoms with Crippen molar-refractivity contribution >= 4 is 16.9 Å². The van der Waals surface area contributed by atoms with Crippen LogP contribution in [0.2, 0.25) is 0 Å². The average Bonchev–Trinajstić information content (AvgIpc) is 2.83. The van der Waals surface area contributed by atoms with Crippen LogP contribution in [0.4, 0.5) is 5.95 Å². The molecule has 2 heterocycles. The normalized spacial score (nSPS) is 10.4. The Kier molecular flexibility index (Phi) is 2.17. The van der Waals surface area contributed by atoms with Gasteiger partial charge in [-0.05, 0) is 6.07 Å². The molecule has 0 unspecified atom stereocenters. The second-order valence-electron chi connectivity index (χ2n) is 3.70. The van der Waals surface area contributed by atoms with E-state index in [-0.39, 0.29) is 5.95 Å². The van der Waals surface area contributed by atoms with E-state index in [0.29, 0.717) is 11.3 Å². The van der Waals surface area contributed by atoms with Gasteiger partial charge in [-0.25, -0.2) is 9.67 Å². The minimum absolute atomic E-state index is 0.166. The maximum atomic E-state index is 9.16. The SMILES string of the molecule is N#Cc1cnc2ccccc2c1-n1cnc(N)n1. The fourth-order valence-corrected chi connectivity index (χ4v) is 1.84. The van der Waals surface area contributed by atoms with E-state index in [1.807, 2.05) is 24.3 Å². The highest BCUT2D eigenvalue weighted by molar-refractivity contribution is 5.89. The smallest absolute Gasteiger partial charge is 0.239 e. The summed E-state index contributed by atoms with van der Waals surface area (Å²) in [5.41, 5.74) is 7.38. The third-order valence-electron chi connectivity index (χ3n) is 2.61. The first-order valence-corrected chi connectivity index (χ1v) is 5.25. The number of nitrogen functional groups attached to an aromatic ring is 1. The van der Waals surface area contributed by atoms with Crippen LogP contribution in [0, 0.1) is 11.3 Å². The molecule has 0 aliphatic heterocycles. The molecule has 0 atom stereocenters. The van der Waals surface area contributed by atoms with Gasteiger partial charge < -0.3 is 5.73 Å². The number of hydrogen-bond acceptors (Lipinski definition) is 5. The predicted molar refractivity (Wildman–Crippen MR) is 65.8 cm³/mol. The van der Waals surface area contributed by atoms with Crippen molar-refractivity contribution in [1.82, 2.24) is 19.7 Å². The number of pyridine rings is 1. The number of anilines is 1. The Hall–Kier alpha value is -2.94. The number of para-hydroxylation sites is 1. The molecule has 1 aromatic carbocycles. The van der Waals surface area contributed by atoms with Gasteiger partial charge in [0.25, 0.3) is 0 Å². The number of nitrogens with two attached hydrogens (primary N) is 1. The predicted octanol–water partition coefficient (Wildman–Crippen LogP) is 1.27. The third-order valence-corrected chi connectivity index (χ3v) is 2.61. The van der Waals surface area contributed by atoms with E-state index in [1.165, 1.54) is 17.2 Å². The molecule has 18 heavy (non-hydrogen) atoms. The van der Waals surface area contributed by atoms with Crippen molar-refractivity contribution in [3.05, 3.63) is 42.4 Å². The summed E-state index contributed by atoms with van der Waals surface area (Å²) in [5.74, 6) is 0.166. The second-order valence-corrected chi connectivity index (χ2v) is 3.70. The summed E-state index contributed by atoms with van der Waals surface area (Å²) in [5, 5.41) is 14.0. The van der Waals surface area contributed by atoms with Crippen molar-refractivity contribution in [3.8, 4) is 11.8 Å². The fourth-order valence-electron chi connectivity index (χ4n) is 1.84. The molecule has 0 fully saturated rings. The quantitative estimate of drug-likeness (QED) is 0.686. The van der Waals surface area contributed by atoms with E-state index < -0.39 is 0 Å². The van der Waals surface area contributed by atoms with Crippen molar-refractivity contribution in [1.29, 1.82) is 5.26 Å². The minimum Gasteiger partial charge on any atom is -0.366 e. The summed E-state index contributed by atoms with van der Waals surface area (Å²) in [4.78, 5) is 8.10. The van der Waals surface area contributed by atoms with Crippen LogP contribution < -0.4 is 5.73 Å². The number of nitriles is 1. The highest BCUT2D eigenvalue weighted by Gasteiger charge is 2.11. The molecule has 6 heteroatoms. The van der Waals surface area contributed by atoms with E-state index >= 15 is 0 Å². The van der Waals surface area contributed by atoms with Gasteiger partial charge in [0, 0.05) is 11.6 Å². The Balaban J connectivity index is 2.41. The maximum Gasteiger partial charge on any atom is 0.239 e. The molecule has 0 aliphatic rings. The third kappa shape index (κ3) is 1.46. The zero-order valence-electron chi connectivity index (χ0n) is 9.28. The summed E-state index contributed by atoms with van der Waals surface area (Å²) >= 11 is 0. The molecule has 3 aromatic rings. The molecule has 2 N–H and O–H groups in total. The molecule has 2 aromatic heterocycles. The van der Waals surface area contributed by atoms with Gasteiger partial charge in [0.05, 0.1) is 16.8 Å². The van der Waals surface area contributed by atoms with Gasteiger partial charge >= 0.3 is 0 Å². The first-order chi connectivity index (χ1) is 8.79. The first-order valence-electron chi connectivity index (χ1n) is 5.25. The Morgan fingerprint density at radius 3 is 2.78 bits per heavy atom. The largest absolute Gasteiger partial charge is 0.366 e.